The van der Waals surface area contributed by atoms with Crippen LogP contribution in [0.5, 0.6) is 0 Å². The van der Waals surface area contributed by atoms with Gasteiger partial charge < -0.3 is 5.73 Å². The molecule has 3 rings (SSSR count). The number of benzene rings is 2. The first kappa shape index (κ1) is 12.4. The van der Waals surface area contributed by atoms with Crippen LogP contribution in [-0.2, 0) is 12.8 Å². The van der Waals surface area contributed by atoms with Crippen LogP contribution < -0.4 is 5.73 Å². The zero-order valence-electron chi connectivity index (χ0n) is 11.7. The van der Waals surface area contributed by atoms with E-state index in [1.54, 1.807) is 0 Å². The summed E-state index contributed by atoms with van der Waals surface area (Å²) in [4.78, 5) is 0. The van der Waals surface area contributed by atoms with E-state index in [1.807, 2.05) is 0 Å². The molecule has 2 atom stereocenters. The second kappa shape index (κ2) is 4.82. The second-order valence-corrected chi connectivity index (χ2v) is 5.80. The minimum absolute atomic E-state index is 0.263. The Morgan fingerprint density at radius 3 is 2.63 bits per heavy atom. The smallest absolute Gasteiger partial charge is 0.0152 e. The van der Waals surface area contributed by atoms with E-state index < -0.39 is 0 Å². The fraction of sp³-hybridized carbons (Fsp3) is 0.333. The minimum Gasteiger partial charge on any atom is -0.327 e. The molecule has 0 fully saturated rings. The van der Waals surface area contributed by atoms with Crippen LogP contribution in [0.1, 0.15) is 33.7 Å². The lowest BCUT2D eigenvalue weighted by atomic mass is 9.90. The molecule has 0 amide bonds. The van der Waals surface area contributed by atoms with Gasteiger partial charge in [0.1, 0.15) is 0 Å². The van der Waals surface area contributed by atoms with Gasteiger partial charge in [0.15, 0.2) is 0 Å². The average Bonchev–Trinajstić information content (AvgIpc) is 2.71. The lowest BCUT2D eigenvalue weighted by Crippen LogP contribution is -2.26. The number of rotatable bonds is 2. The van der Waals surface area contributed by atoms with E-state index in [0.29, 0.717) is 5.92 Å². The first-order chi connectivity index (χ1) is 9.15. The van der Waals surface area contributed by atoms with E-state index in [-0.39, 0.29) is 6.04 Å². The van der Waals surface area contributed by atoms with E-state index >= 15 is 0 Å². The Kier molecular flexibility index (Phi) is 3.16. The van der Waals surface area contributed by atoms with Crippen molar-refractivity contribution < 1.29 is 0 Å². The zero-order chi connectivity index (χ0) is 13.4. The van der Waals surface area contributed by atoms with Crippen LogP contribution in [0.4, 0.5) is 0 Å². The molecule has 0 heterocycles. The van der Waals surface area contributed by atoms with Crippen molar-refractivity contribution in [3.8, 4) is 0 Å². The highest BCUT2D eigenvalue weighted by molar-refractivity contribution is 5.40. The topological polar surface area (TPSA) is 26.0 Å². The van der Waals surface area contributed by atoms with Gasteiger partial charge in [-0.3, -0.25) is 0 Å². The fourth-order valence-corrected chi connectivity index (χ4v) is 3.15. The molecule has 1 aliphatic carbocycles. The highest BCUT2D eigenvalue weighted by atomic mass is 14.7. The molecule has 0 radical (unpaired) electrons. The Morgan fingerprint density at radius 2 is 1.84 bits per heavy atom. The van der Waals surface area contributed by atoms with Crippen LogP contribution >= 0.6 is 0 Å². The number of nitrogens with two attached hydrogens (primary N) is 1. The van der Waals surface area contributed by atoms with Crippen LogP contribution in [0.15, 0.2) is 42.5 Å². The van der Waals surface area contributed by atoms with Gasteiger partial charge in [0.05, 0.1) is 0 Å². The van der Waals surface area contributed by atoms with Crippen molar-refractivity contribution in [3.63, 3.8) is 0 Å². The SMILES string of the molecule is Cc1ccc(CC2c3ccccc3CC2N)cc1C. The molecule has 0 spiro atoms. The summed E-state index contributed by atoms with van der Waals surface area (Å²) in [5.41, 5.74) is 13.4. The molecular formula is C18H21N. The first-order valence-corrected chi connectivity index (χ1v) is 7.04. The predicted octanol–water partition coefficient (Wildman–Crippen LogP) is 3.51. The van der Waals surface area contributed by atoms with Crippen LogP contribution in [0.2, 0.25) is 0 Å². The highest BCUT2D eigenvalue weighted by Gasteiger charge is 2.29. The highest BCUT2D eigenvalue weighted by Crippen LogP contribution is 2.34. The van der Waals surface area contributed by atoms with Crippen molar-refractivity contribution in [1.29, 1.82) is 0 Å². The molecule has 1 nitrogen and oxygen atoms in total. The maximum absolute atomic E-state index is 6.35. The third-order valence-electron chi connectivity index (χ3n) is 4.45. The van der Waals surface area contributed by atoms with Crippen LogP contribution in [-0.4, -0.2) is 6.04 Å². The lowest BCUT2D eigenvalue weighted by Gasteiger charge is -2.17. The van der Waals surface area contributed by atoms with Crippen molar-refractivity contribution in [2.45, 2.75) is 38.6 Å². The Morgan fingerprint density at radius 1 is 1.05 bits per heavy atom. The molecule has 98 valence electrons. The molecule has 19 heavy (non-hydrogen) atoms. The van der Waals surface area contributed by atoms with Crippen molar-refractivity contribution in [2.24, 2.45) is 5.73 Å². The molecule has 0 saturated heterocycles. The first-order valence-electron chi connectivity index (χ1n) is 7.04. The molecule has 0 aliphatic heterocycles. The molecular weight excluding hydrogens is 230 g/mol. The summed E-state index contributed by atoms with van der Waals surface area (Å²) in [5, 5.41) is 0. The number of fused-ring (bicyclic) bond motifs is 1. The molecule has 0 aromatic heterocycles. The van der Waals surface area contributed by atoms with Gasteiger partial charge in [-0.25, -0.2) is 0 Å². The van der Waals surface area contributed by atoms with E-state index in [2.05, 4.69) is 56.3 Å². The monoisotopic (exact) mass is 251 g/mol. The summed E-state index contributed by atoms with van der Waals surface area (Å²) >= 11 is 0. The zero-order valence-corrected chi connectivity index (χ0v) is 11.7. The van der Waals surface area contributed by atoms with Crippen molar-refractivity contribution in [2.75, 3.05) is 0 Å². The molecule has 0 bridgehead atoms. The van der Waals surface area contributed by atoms with E-state index in [9.17, 15) is 0 Å². The summed E-state index contributed by atoms with van der Waals surface area (Å²) in [6.07, 6.45) is 2.07. The largest absolute Gasteiger partial charge is 0.327 e. The van der Waals surface area contributed by atoms with Gasteiger partial charge in [-0.2, -0.15) is 0 Å². The Balaban J connectivity index is 1.89. The maximum Gasteiger partial charge on any atom is 0.0152 e. The second-order valence-electron chi connectivity index (χ2n) is 5.80. The summed E-state index contributed by atoms with van der Waals surface area (Å²) in [6, 6.07) is 15.7. The Hall–Kier alpha value is -1.60. The lowest BCUT2D eigenvalue weighted by molar-refractivity contribution is 0.570. The molecule has 2 N–H and O–H groups in total. The van der Waals surface area contributed by atoms with Gasteiger partial charge in [0.25, 0.3) is 0 Å². The van der Waals surface area contributed by atoms with Crippen molar-refractivity contribution in [3.05, 3.63) is 70.3 Å². The van der Waals surface area contributed by atoms with Gasteiger partial charge in [0.2, 0.25) is 0 Å². The van der Waals surface area contributed by atoms with Crippen molar-refractivity contribution >= 4 is 0 Å². The number of aryl methyl sites for hydroxylation is 2. The molecule has 0 saturated carbocycles. The normalized spacial score (nSPS) is 21.4. The molecule has 2 aromatic carbocycles. The quantitative estimate of drug-likeness (QED) is 0.868. The van der Waals surface area contributed by atoms with E-state index in [1.165, 1.54) is 27.8 Å². The van der Waals surface area contributed by atoms with Gasteiger partial charge in [-0.15, -0.1) is 0 Å². The molecule has 2 unspecified atom stereocenters. The summed E-state index contributed by atoms with van der Waals surface area (Å²) < 4.78 is 0. The van der Waals surface area contributed by atoms with Gasteiger partial charge in [-0.05, 0) is 54.5 Å². The van der Waals surface area contributed by atoms with Gasteiger partial charge in [-0.1, -0.05) is 42.5 Å². The molecule has 1 heteroatoms. The summed E-state index contributed by atoms with van der Waals surface area (Å²) in [5.74, 6) is 0.471. The maximum atomic E-state index is 6.35. The standard InChI is InChI=1S/C18H21N/c1-12-7-8-14(9-13(12)2)10-17-16-6-4-3-5-15(16)11-18(17)19/h3-9,17-18H,10-11,19H2,1-2H3. The Labute approximate surface area is 115 Å². The summed E-state index contributed by atoms with van der Waals surface area (Å²) in [6.45, 7) is 4.34. The van der Waals surface area contributed by atoms with Crippen LogP contribution in [0.25, 0.3) is 0 Å². The summed E-state index contributed by atoms with van der Waals surface area (Å²) in [7, 11) is 0. The van der Waals surface area contributed by atoms with Crippen LogP contribution in [0, 0.1) is 13.8 Å². The van der Waals surface area contributed by atoms with Crippen LogP contribution in [0.3, 0.4) is 0 Å². The predicted molar refractivity (Wildman–Crippen MR) is 80.5 cm³/mol. The van der Waals surface area contributed by atoms with Gasteiger partial charge in [0, 0.05) is 12.0 Å². The number of hydrogen-bond acceptors (Lipinski definition) is 1. The third-order valence-corrected chi connectivity index (χ3v) is 4.45. The molecule has 2 aromatic rings. The Bertz CT molecular complexity index is 600. The average molecular weight is 251 g/mol. The number of hydrogen-bond donors (Lipinski definition) is 1. The van der Waals surface area contributed by atoms with E-state index in [0.717, 1.165) is 12.8 Å². The van der Waals surface area contributed by atoms with Gasteiger partial charge >= 0.3 is 0 Å². The molecule has 1 aliphatic rings. The fourth-order valence-electron chi connectivity index (χ4n) is 3.15. The van der Waals surface area contributed by atoms with E-state index in [4.69, 9.17) is 5.73 Å². The minimum atomic E-state index is 0.263. The van der Waals surface area contributed by atoms with Crippen molar-refractivity contribution in [1.82, 2.24) is 0 Å². The third kappa shape index (κ3) is 2.31.